The molecule has 2 fully saturated rings. The number of rotatable bonds is 5. The van der Waals surface area contributed by atoms with Gasteiger partial charge in [-0.2, -0.15) is 0 Å². The van der Waals surface area contributed by atoms with E-state index in [-0.39, 0.29) is 0 Å². The Morgan fingerprint density at radius 1 is 1.19 bits per heavy atom. The van der Waals surface area contributed by atoms with Crippen molar-refractivity contribution in [1.82, 2.24) is 15.3 Å². The molecule has 1 aromatic rings. The minimum Gasteiger partial charge on any atom is -0.374 e. The van der Waals surface area contributed by atoms with Crippen molar-refractivity contribution in [2.45, 2.75) is 71.6 Å². The molecule has 0 aromatic carbocycles. The average molecular weight is 289 g/mol. The van der Waals surface area contributed by atoms with Crippen LogP contribution in [0.2, 0.25) is 0 Å². The minimum absolute atomic E-state index is 0.360. The van der Waals surface area contributed by atoms with Crippen molar-refractivity contribution in [2.75, 3.05) is 6.54 Å². The molecule has 1 N–H and O–H groups in total. The first-order chi connectivity index (χ1) is 10.0. The number of nitrogens with one attached hydrogen (secondary N) is 1. The molecule has 0 radical (unpaired) electrons. The van der Waals surface area contributed by atoms with Crippen LogP contribution in [0.15, 0.2) is 0 Å². The monoisotopic (exact) mass is 289 g/mol. The number of fused-ring (bicyclic) bond motifs is 2. The second kappa shape index (κ2) is 6.01. The van der Waals surface area contributed by atoms with Gasteiger partial charge in [-0.1, -0.05) is 13.8 Å². The summed E-state index contributed by atoms with van der Waals surface area (Å²) in [5, 5.41) is 3.49. The molecule has 3 unspecified atom stereocenters. The van der Waals surface area contributed by atoms with Crippen LogP contribution in [0.3, 0.4) is 0 Å². The molecule has 0 amide bonds. The van der Waals surface area contributed by atoms with E-state index in [4.69, 9.17) is 14.7 Å². The quantitative estimate of drug-likeness (QED) is 0.905. The minimum atomic E-state index is 0.360. The van der Waals surface area contributed by atoms with Gasteiger partial charge in [-0.05, 0) is 45.6 Å². The van der Waals surface area contributed by atoms with Crippen LogP contribution in [-0.2, 0) is 11.3 Å². The van der Waals surface area contributed by atoms with Crippen LogP contribution < -0.4 is 5.32 Å². The van der Waals surface area contributed by atoms with Crippen molar-refractivity contribution >= 4 is 0 Å². The predicted octanol–water partition coefficient (Wildman–Crippen LogP) is 2.87. The second-order valence-electron chi connectivity index (χ2n) is 6.97. The Balaban J connectivity index is 1.73. The lowest BCUT2D eigenvalue weighted by atomic mass is 9.88. The molecule has 2 saturated heterocycles. The van der Waals surface area contributed by atoms with Gasteiger partial charge in [0.2, 0.25) is 0 Å². The van der Waals surface area contributed by atoms with Crippen molar-refractivity contribution in [3.05, 3.63) is 22.8 Å². The van der Waals surface area contributed by atoms with Gasteiger partial charge in [0, 0.05) is 29.4 Å². The van der Waals surface area contributed by atoms with Gasteiger partial charge < -0.3 is 10.1 Å². The number of aromatic nitrogens is 2. The lowest BCUT2D eigenvalue weighted by molar-refractivity contribution is 0.0998. The van der Waals surface area contributed by atoms with Gasteiger partial charge in [-0.15, -0.1) is 0 Å². The fraction of sp³-hybridized carbons (Fsp3) is 0.765. The maximum Gasteiger partial charge on any atom is 0.134 e. The van der Waals surface area contributed by atoms with E-state index >= 15 is 0 Å². The van der Waals surface area contributed by atoms with E-state index in [1.807, 2.05) is 0 Å². The molecule has 2 aliphatic rings. The third-order valence-electron chi connectivity index (χ3n) is 4.73. The summed E-state index contributed by atoms with van der Waals surface area (Å²) in [5.41, 5.74) is 3.50. The van der Waals surface area contributed by atoms with E-state index in [0.717, 1.165) is 36.7 Å². The topological polar surface area (TPSA) is 47.0 Å². The maximum atomic E-state index is 5.95. The predicted molar refractivity (Wildman–Crippen MR) is 83.3 cm³/mol. The fourth-order valence-electron chi connectivity index (χ4n) is 3.58. The van der Waals surface area contributed by atoms with Crippen LogP contribution in [0.4, 0.5) is 0 Å². The molecule has 4 heteroatoms. The zero-order chi connectivity index (χ0) is 15.0. The molecule has 0 spiro atoms. The lowest BCUT2D eigenvalue weighted by Gasteiger charge is -2.19. The van der Waals surface area contributed by atoms with Gasteiger partial charge in [-0.3, -0.25) is 0 Å². The van der Waals surface area contributed by atoms with Crippen molar-refractivity contribution in [3.63, 3.8) is 0 Å². The molecule has 2 bridgehead atoms. The number of hydrogen-bond acceptors (Lipinski definition) is 4. The number of ether oxygens (including phenoxy) is 1. The third-order valence-corrected chi connectivity index (χ3v) is 4.73. The largest absolute Gasteiger partial charge is 0.374 e. The molecule has 0 saturated carbocycles. The molecular weight excluding hydrogens is 262 g/mol. The molecule has 2 aliphatic heterocycles. The number of aryl methyl sites for hydroxylation is 2. The standard InChI is InChI=1S/C17H27N3O/c1-10(2)8-18-9-15-11(3)19-17(20-12(15)4)14-7-13-5-6-16(14)21-13/h10,13-14,16,18H,5-9H2,1-4H3. The first-order valence-corrected chi connectivity index (χ1v) is 8.24. The third kappa shape index (κ3) is 3.11. The van der Waals surface area contributed by atoms with Crippen LogP contribution in [0.5, 0.6) is 0 Å². The molecular formula is C17H27N3O. The SMILES string of the molecule is Cc1nc(C2CC3CCC2O3)nc(C)c1CNCC(C)C. The Kier molecular flexibility index (Phi) is 4.27. The summed E-state index contributed by atoms with van der Waals surface area (Å²) in [6.07, 6.45) is 4.31. The van der Waals surface area contributed by atoms with Gasteiger partial charge >= 0.3 is 0 Å². The van der Waals surface area contributed by atoms with Gasteiger partial charge in [0.25, 0.3) is 0 Å². The Hall–Kier alpha value is -1.00. The van der Waals surface area contributed by atoms with E-state index in [1.165, 1.54) is 18.4 Å². The highest BCUT2D eigenvalue weighted by Gasteiger charge is 2.43. The highest BCUT2D eigenvalue weighted by Crippen LogP contribution is 2.43. The molecule has 3 rings (SSSR count). The van der Waals surface area contributed by atoms with E-state index in [9.17, 15) is 0 Å². The van der Waals surface area contributed by atoms with Crippen molar-refractivity contribution < 1.29 is 4.74 Å². The normalized spacial score (nSPS) is 27.8. The zero-order valence-electron chi connectivity index (χ0n) is 13.6. The molecule has 0 aliphatic carbocycles. The van der Waals surface area contributed by atoms with Crippen LogP contribution in [0.1, 0.15) is 61.8 Å². The summed E-state index contributed by atoms with van der Waals surface area (Å²) in [7, 11) is 0. The van der Waals surface area contributed by atoms with Gasteiger partial charge in [0.15, 0.2) is 0 Å². The van der Waals surface area contributed by atoms with E-state index in [0.29, 0.717) is 24.0 Å². The van der Waals surface area contributed by atoms with Crippen LogP contribution >= 0.6 is 0 Å². The van der Waals surface area contributed by atoms with Crippen LogP contribution in [0, 0.1) is 19.8 Å². The van der Waals surface area contributed by atoms with Crippen molar-refractivity contribution in [1.29, 1.82) is 0 Å². The van der Waals surface area contributed by atoms with Gasteiger partial charge in [0.1, 0.15) is 5.82 Å². The summed E-state index contributed by atoms with van der Waals surface area (Å²) in [5.74, 6) is 2.08. The Morgan fingerprint density at radius 2 is 1.90 bits per heavy atom. The van der Waals surface area contributed by atoms with Gasteiger partial charge in [-0.25, -0.2) is 9.97 Å². The van der Waals surface area contributed by atoms with Crippen molar-refractivity contribution in [3.8, 4) is 0 Å². The number of nitrogens with zero attached hydrogens (tertiary/aromatic N) is 2. The summed E-state index contributed by atoms with van der Waals surface area (Å²) >= 11 is 0. The first kappa shape index (κ1) is 14.9. The average Bonchev–Trinajstić information content (AvgIpc) is 3.03. The zero-order valence-corrected chi connectivity index (χ0v) is 13.6. The Morgan fingerprint density at radius 3 is 2.43 bits per heavy atom. The Labute approximate surface area is 127 Å². The highest BCUT2D eigenvalue weighted by atomic mass is 16.5. The first-order valence-electron chi connectivity index (χ1n) is 8.24. The lowest BCUT2D eigenvalue weighted by Crippen LogP contribution is -2.23. The van der Waals surface area contributed by atoms with Gasteiger partial charge in [0.05, 0.1) is 12.2 Å². The molecule has 1 aromatic heterocycles. The maximum absolute atomic E-state index is 5.95. The molecule has 3 atom stereocenters. The fourth-order valence-corrected chi connectivity index (χ4v) is 3.58. The van der Waals surface area contributed by atoms with Crippen molar-refractivity contribution in [2.24, 2.45) is 5.92 Å². The molecule has 116 valence electrons. The smallest absolute Gasteiger partial charge is 0.134 e. The summed E-state index contributed by atoms with van der Waals surface area (Å²) in [6, 6.07) is 0. The molecule has 4 nitrogen and oxygen atoms in total. The Bertz CT molecular complexity index is 492. The summed E-state index contributed by atoms with van der Waals surface area (Å²) in [6.45, 7) is 10.6. The molecule has 3 heterocycles. The van der Waals surface area contributed by atoms with E-state index < -0.39 is 0 Å². The second-order valence-corrected chi connectivity index (χ2v) is 6.97. The highest BCUT2D eigenvalue weighted by molar-refractivity contribution is 5.26. The van der Waals surface area contributed by atoms with E-state index in [2.05, 4.69) is 33.0 Å². The van der Waals surface area contributed by atoms with E-state index in [1.54, 1.807) is 0 Å². The van der Waals surface area contributed by atoms with Crippen LogP contribution in [0.25, 0.3) is 0 Å². The van der Waals surface area contributed by atoms with Crippen LogP contribution in [-0.4, -0.2) is 28.7 Å². The molecule has 21 heavy (non-hydrogen) atoms. The summed E-state index contributed by atoms with van der Waals surface area (Å²) < 4.78 is 5.95. The number of hydrogen-bond donors (Lipinski definition) is 1. The summed E-state index contributed by atoms with van der Waals surface area (Å²) in [4.78, 5) is 9.60.